The first kappa shape index (κ1) is 16.9. The number of hydrogen-bond donors (Lipinski definition) is 2. The summed E-state index contributed by atoms with van der Waals surface area (Å²) in [6, 6.07) is 7.82. The monoisotopic (exact) mass is 337 g/mol. The lowest BCUT2D eigenvalue weighted by Crippen LogP contribution is -2.40. The molecule has 1 amide bonds. The van der Waals surface area contributed by atoms with Gasteiger partial charge in [-0.25, -0.2) is 4.98 Å². The van der Waals surface area contributed by atoms with Crippen molar-refractivity contribution < 1.29 is 4.79 Å². The summed E-state index contributed by atoms with van der Waals surface area (Å²) in [6.07, 6.45) is 5.74. The van der Waals surface area contributed by atoms with Gasteiger partial charge in [0, 0.05) is 29.4 Å². The first-order valence-corrected chi connectivity index (χ1v) is 8.13. The Labute approximate surface area is 140 Å². The Bertz CT molecular complexity index is 624. The number of amides is 1. The number of halogens is 1. The summed E-state index contributed by atoms with van der Waals surface area (Å²) in [5.41, 5.74) is 7.32. The Balaban J connectivity index is 0.00000176. The van der Waals surface area contributed by atoms with Gasteiger partial charge in [0.1, 0.15) is 5.01 Å². The minimum atomic E-state index is -0.378. The largest absolute Gasteiger partial charge is 0.329 e. The molecular weight excluding hydrogens is 318 g/mol. The molecule has 0 aliphatic heterocycles. The van der Waals surface area contributed by atoms with Crippen molar-refractivity contribution in [1.82, 2.24) is 4.98 Å². The highest BCUT2D eigenvalue weighted by molar-refractivity contribution is 7.13. The van der Waals surface area contributed by atoms with Crippen LogP contribution >= 0.6 is 23.7 Å². The molecule has 1 aliphatic carbocycles. The summed E-state index contributed by atoms with van der Waals surface area (Å²) in [6.45, 7) is 0.422. The van der Waals surface area contributed by atoms with Crippen molar-refractivity contribution in [3.63, 3.8) is 0 Å². The van der Waals surface area contributed by atoms with Gasteiger partial charge in [-0.3, -0.25) is 4.79 Å². The molecule has 0 saturated heterocycles. The van der Waals surface area contributed by atoms with Crippen molar-refractivity contribution in [3.05, 3.63) is 35.8 Å². The second-order valence-corrected chi connectivity index (χ2v) is 6.46. The van der Waals surface area contributed by atoms with Gasteiger partial charge in [0.2, 0.25) is 5.91 Å². The molecule has 3 rings (SSSR count). The molecule has 1 saturated carbocycles. The van der Waals surface area contributed by atoms with Gasteiger partial charge in [-0.2, -0.15) is 0 Å². The van der Waals surface area contributed by atoms with Gasteiger partial charge < -0.3 is 11.1 Å². The number of nitrogens with one attached hydrogen (secondary N) is 1. The number of thiazole rings is 1. The Hall–Kier alpha value is -1.43. The molecule has 0 spiro atoms. The van der Waals surface area contributed by atoms with Crippen LogP contribution in [0.1, 0.15) is 25.7 Å². The Morgan fingerprint density at radius 3 is 2.77 bits per heavy atom. The highest BCUT2D eigenvalue weighted by Gasteiger charge is 2.39. The molecule has 0 bridgehead atoms. The van der Waals surface area contributed by atoms with Crippen LogP contribution in [0.4, 0.5) is 5.69 Å². The van der Waals surface area contributed by atoms with Crippen molar-refractivity contribution in [2.75, 3.05) is 11.9 Å². The molecule has 0 unspecified atom stereocenters. The molecule has 3 N–H and O–H groups in total. The quantitative estimate of drug-likeness (QED) is 0.894. The lowest BCUT2D eigenvalue weighted by molar-refractivity contribution is -0.124. The molecule has 4 nitrogen and oxygen atoms in total. The van der Waals surface area contributed by atoms with Gasteiger partial charge in [-0.05, 0) is 25.0 Å². The highest BCUT2D eigenvalue weighted by Crippen LogP contribution is 2.38. The Morgan fingerprint density at radius 1 is 1.36 bits per heavy atom. The van der Waals surface area contributed by atoms with Gasteiger partial charge in [0.25, 0.3) is 0 Å². The molecule has 6 heteroatoms. The summed E-state index contributed by atoms with van der Waals surface area (Å²) in [4.78, 5) is 16.9. The number of carbonyl (C=O) groups excluding carboxylic acids is 1. The van der Waals surface area contributed by atoms with E-state index in [0.29, 0.717) is 6.54 Å². The smallest absolute Gasteiger partial charge is 0.231 e. The van der Waals surface area contributed by atoms with E-state index in [9.17, 15) is 4.79 Å². The Kier molecular flexibility index (Phi) is 5.56. The maximum atomic E-state index is 12.6. The number of hydrogen-bond acceptors (Lipinski definition) is 4. The first-order valence-electron chi connectivity index (χ1n) is 7.25. The zero-order chi connectivity index (χ0) is 14.7. The number of carbonyl (C=O) groups is 1. The number of nitrogens with two attached hydrogens (primary N) is 1. The average molecular weight is 338 g/mol. The van der Waals surface area contributed by atoms with E-state index in [0.717, 1.165) is 41.9 Å². The second kappa shape index (κ2) is 7.22. The summed E-state index contributed by atoms with van der Waals surface area (Å²) < 4.78 is 0. The molecule has 2 aromatic rings. The van der Waals surface area contributed by atoms with Crippen LogP contribution in [0, 0.1) is 5.41 Å². The van der Waals surface area contributed by atoms with Crippen molar-refractivity contribution in [2.24, 2.45) is 11.1 Å². The van der Waals surface area contributed by atoms with E-state index in [1.165, 1.54) is 0 Å². The first-order chi connectivity index (χ1) is 10.2. The third-order valence-electron chi connectivity index (χ3n) is 4.23. The van der Waals surface area contributed by atoms with E-state index in [1.807, 2.05) is 29.6 Å². The molecular formula is C16H20ClN3OS. The summed E-state index contributed by atoms with van der Waals surface area (Å²) in [7, 11) is 0. The summed E-state index contributed by atoms with van der Waals surface area (Å²) in [5.74, 6) is 0.0544. The van der Waals surface area contributed by atoms with Crippen LogP contribution in [0.3, 0.4) is 0 Å². The fourth-order valence-electron chi connectivity index (χ4n) is 2.94. The van der Waals surface area contributed by atoms with Crippen molar-refractivity contribution in [1.29, 1.82) is 0 Å². The van der Waals surface area contributed by atoms with Crippen LogP contribution in [-0.2, 0) is 4.79 Å². The predicted octanol–water partition coefficient (Wildman–Crippen LogP) is 3.69. The minimum Gasteiger partial charge on any atom is -0.329 e. The SMILES string of the molecule is Cl.NCC1(C(=O)Nc2cccc(-c3nccs3)c2)CCCC1. The number of nitrogens with zero attached hydrogens (tertiary/aromatic N) is 1. The number of anilines is 1. The topological polar surface area (TPSA) is 68.0 Å². The molecule has 118 valence electrons. The van der Waals surface area contributed by atoms with E-state index >= 15 is 0 Å². The fraction of sp³-hybridized carbons (Fsp3) is 0.375. The zero-order valence-corrected chi connectivity index (χ0v) is 13.9. The van der Waals surface area contributed by atoms with E-state index in [4.69, 9.17) is 5.73 Å². The van der Waals surface area contributed by atoms with Crippen LogP contribution in [-0.4, -0.2) is 17.4 Å². The van der Waals surface area contributed by atoms with Crippen molar-refractivity contribution in [3.8, 4) is 10.6 Å². The van der Waals surface area contributed by atoms with E-state index in [2.05, 4.69) is 10.3 Å². The van der Waals surface area contributed by atoms with E-state index < -0.39 is 0 Å². The van der Waals surface area contributed by atoms with Crippen LogP contribution in [0.25, 0.3) is 10.6 Å². The molecule has 22 heavy (non-hydrogen) atoms. The zero-order valence-electron chi connectivity index (χ0n) is 12.2. The lowest BCUT2D eigenvalue weighted by atomic mass is 9.85. The molecule has 0 radical (unpaired) electrons. The van der Waals surface area contributed by atoms with Crippen molar-refractivity contribution >= 4 is 35.3 Å². The standard InChI is InChI=1S/C16H19N3OS.ClH/c17-11-16(6-1-2-7-16)15(20)19-13-5-3-4-12(10-13)14-18-8-9-21-14;/h3-5,8-10H,1-2,6-7,11,17H2,(H,19,20);1H. The lowest BCUT2D eigenvalue weighted by Gasteiger charge is -2.25. The average Bonchev–Trinajstić information content (AvgIpc) is 3.20. The van der Waals surface area contributed by atoms with Gasteiger partial charge in [0.05, 0.1) is 5.41 Å². The normalized spacial score (nSPS) is 16.0. The van der Waals surface area contributed by atoms with Crippen LogP contribution < -0.4 is 11.1 Å². The third kappa shape index (κ3) is 3.32. The molecule has 1 aromatic heterocycles. The molecule has 1 fully saturated rings. The van der Waals surface area contributed by atoms with Crippen LogP contribution in [0.5, 0.6) is 0 Å². The predicted molar refractivity (Wildman–Crippen MR) is 93.4 cm³/mol. The number of aromatic nitrogens is 1. The van der Waals surface area contributed by atoms with Gasteiger partial charge in [-0.1, -0.05) is 25.0 Å². The minimum absolute atomic E-state index is 0. The van der Waals surface area contributed by atoms with Crippen LogP contribution in [0.2, 0.25) is 0 Å². The third-order valence-corrected chi connectivity index (χ3v) is 5.05. The summed E-state index contributed by atoms with van der Waals surface area (Å²) >= 11 is 1.59. The highest BCUT2D eigenvalue weighted by atomic mass is 35.5. The van der Waals surface area contributed by atoms with Crippen LogP contribution in [0.15, 0.2) is 35.8 Å². The van der Waals surface area contributed by atoms with Gasteiger partial charge in [0.15, 0.2) is 0 Å². The maximum Gasteiger partial charge on any atom is 0.231 e. The summed E-state index contributed by atoms with van der Waals surface area (Å²) in [5, 5.41) is 5.94. The molecule has 0 atom stereocenters. The molecule has 1 heterocycles. The van der Waals surface area contributed by atoms with Gasteiger partial charge in [-0.15, -0.1) is 23.7 Å². The molecule has 1 aliphatic rings. The Morgan fingerprint density at radius 2 is 2.14 bits per heavy atom. The van der Waals surface area contributed by atoms with Crippen molar-refractivity contribution in [2.45, 2.75) is 25.7 Å². The number of rotatable bonds is 4. The van der Waals surface area contributed by atoms with E-state index in [-0.39, 0.29) is 23.7 Å². The second-order valence-electron chi connectivity index (χ2n) is 5.56. The maximum absolute atomic E-state index is 12.6. The number of benzene rings is 1. The van der Waals surface area contributed by atoms with Gasteiger partial charge >= 0.3 is 0 Å². The fourth-order valence-corrected chi connectivity index (χ4v) is 3.57. The van der Waals surface area contributed by atoms with E-state index in [1.54, 1.807) is 17.5 Å². The molecule has 1 aromatic carbocycles.